The molecule has 0 radical (unpaired) electrons. The van der Waals surface area contributed by atoms with Gasteiger partial charge in [-0.15, -0.1) is 0 Å². The molecule has 2 amide bonds. The zero-order valence-corrected chi connectivity index (χ0v) is 21.0. The average Bonchev–Trinajstić information content (AvgIpc) is 3.17. The summed E-state index contributed by atoms with van der Waals surface area (Å²) in [6.45, 7) is 1.32. The Morgan fingerprint density at radius 1 is 0.974 bits per heavy atom. The molecule has 1 heterocycles. The van der Waals surface area contributed by atoms with Gasteiger partial charge in [-0.25, -0.2) is 4.79 Å². The SMILES string of the molecule is COc1cc(OCCN2C(=O)c3ccccc3C2=O)c(C(C)(Nc2ccc(C#N)cc2)C(=O)O)cc1OC. The number of hydrogen-bond acceptors (Lipinski definition) is 8. The zero-order valence-electron chi connectivity index (χ0n) is 21.0. The predicted molar refractivity (Wildman–Crippen MR) is 137 cm³/mol. The molecule has 0 aliphatic carbocycles. The first kappa shape index (κ1) is 26.0. The molecule has 2 N–H and O–H groups in total. The number of nitriles is 1. The Morgan fingerprint density at radius 3 is 2.08 bits per heavy atom. The van der Waals surface area contributed by atoms with Gasteiger partial charge < -0.3 is 24.6 Å². The molecule has 0 aromatic heterocycles. The van der Waals surface area contributed by atoms with Gasteiger partial charge in [0.15, 0.2) is 17.0 Å². The van der Waals surface area contributed by atoms with Crippen LogP contribution < -0.4 is 19.5 Å². The number of carboxylic acid groups (broad SMARTS) is 1. The number of fused-ring (bicyclic) bond motifs is 1. The van der Waals surface area contributed by atoms with Gasteiger partial charge in [0.25, 0.3) is 11.8 Å². The summed E-state index contributed by atoms with van der Waals surface area (Å²) in [5.74, 6) is -1.30. The van der Waals surface area contributed by atoms with Crippen molar-refractivity contribution in [3.8, 4) is 23.3 Å². The van der Waals surface area contributed by atoms with E-state index in [9.17, 15) is 19.5 Å². The molecule has 1 aliphatic rings. The minimum atomic E-state index is -1.71. The Kier molecular flexibility index (Phi) is 7.21. The van der Waals surface area contributed by atoms with Crippen molar-refractivity contribution in [1.82, 2.24) is 4.90 Å². The lowest BCUT2D eigenvalue weighted by Crippen LogP contribution is -2.41. The fourth-order valence-electron chi connectivity index (χ4n) is 4.21. The van der Waals surface area contributed by atoms with Gasteiger partial charge in [0.2, 0.25) is 0 Å². The Morgan fingerprint density at radius 2 is 1.55 bits per heavy atom. The summed E-state index contributed by atoms with van der Waals surface area (Å²) in [4.78, 5) is 39.1. The lowest BCUT2D eigenvalue weighted by atomic mass is 9.90. The van der Waals surface area contributed by atoms with Crippen LogP contribution in [0.3, 0.4) is 0 Å². The van der Waals surface area contributed by atoms with Gasteiger partial charge in [0, 0.05) is 17.3 Å². The molecule has 0 fully saturated rings. The van der Waals surface area contributed by atoms with Crippen LogP contribution in [0.25, 0.3) is 0 Å². The second-order valence-electron chi connectivity index (χ2n) is 8.60. The van der Waals surface area contributed by atoms with Crippen molar-refractivity contribution < 1.29 is 33.7 Å². The molecule has 10 heteroatoms. The van der Waals surface area contributed by atoms with Gasteiger partial charge in [-0.2, -0.15) is 5.26 Å². The number of imide groups is 1. The molecular formula is C28H25N3O7. The highest BCUT2D eigenvalue weighted by atomic mass is 16.5. The highest BCUT2D eigenvalue weighted by molar-refractivity contribution is 6.21. The zero-order chi connectivity index (χ0) is 27.4. The fourth-order valence-corrected chi connectivity index (χ4v) is 4.21. The summed E-state index contributed by atoms with van der Waals surface area (Å²) in [7, 11) is 2.86. The molecule has 1 atom stereocenters. The van der Waals surface area contributed by atoms with Gasteiger partial charge in [0.1, 0.15) is 12.4 Å². The maximum absolute atomic E-state index is 12.7. The van der Waals surface area contributed by atoms with Crippen LogP contribution in [0, 0.1) is 11.3 Å². The number of ether oxygens (including phenoxy) is 3. The highest BCUT2D eigenvalue weighted by Gasteiger charge is 2.40. The molecule has 1 unspecified atom stereocenters. The second-order valence-corrected chi connectivity index (χ2v) is 8.60. The number of amides is 2. The summed E-state index contributed by atoms with van der Waals surface area (Å²) in [6, 6.07) is 17.9. The molecule has 10 nitrogen and oxygen atoms in total. The van der Waals surface area contributed by atoms with Crippen LogP contribution in [0.4, 0.5) is 5.69 Å². The fraction of sp³-hybridized carbons (Fsp3) is 0.214. The highest BCUT2D eigenvalue weighted by Crippen LogP contribution is 2.41. The molecule has 0 spiro atoms. The number of aliphatic carboxylic acids is 1. The van der Waals surface area contributed by atoms with E-state index in [2.05, 4.69) is 5.32 Å². The Hall–Kier alpha value is -5.04. The van der Waals surface area contributed by atoms with Crippen molar-refractivity contribution in [2.75, 3.05) is 32.7 Å². The first-order valence-corrected chi connectivity index (χ1v) is 11.6. The van der Waals surface area contributed by atoms with Crippen molar-refractivity contribution in [2.45, 2.75) is 12.5 Å². The third-order valence-electron chi connectivity index (χ3n) is 6.31. The minimum Gasteiger partial charge on any atom is -0.493 e. The number of carbonyl (C=O) groups excluding carboxylic acids is 2. The maximum atomic E-state index is 12.7. The number of methoxy groups -OCH3 is 2. The monoisotopic (exact) mass is 515 g/mol. The number of nitrogens with one attached hydrogen (secondary N) is 1. The van der Waals surface area contributed by atoms with E-state index in [1.807, 2.05) is 6.07 Å². The smallest absolute Gasteiger partial charge is 0.333 e. The molecule has 3 aromatic carbocycles. The number of carbonyl (C=O) groups is 3. The molecule has 0 saturated heterocycles. The maximum Gasteiger partial charge on any atom is 0.333 e. The van der Waals surface area contributed by atoms with Crippen molar-refractivity contribution in [1.29, 1.82) is 5.26 Å². The Balaban J connectivity index is 1.65. The third kappa shape index (κ3) is 4.69. The van der Waals surface area contributed by atoms with E-state index in [1.54, 1.807) is 48.5 Å². The molecule has 0 saturated carbocycles. The van der Waals surface area contributed by atoms with E-state index in [0.29, 0.717) is 28.1 Å². The number of benzene rings is 3. The van der Waals surface area contributed by atoms with Gasteiger partial charge in [-0.3, -0.25) is 14.5 Å². The van der Waals surface area contributed by atoms with E-state index in [4.69, 9.17) is 19.5 Å². The van der Waals surface area contributed by atoms with Crippen molar-refractivity contribution in [3.63, 3.8) is 0 Å². The summed E-state index contributed by atoms with van der Waals surface area (Å²) in [6.07, 6.45) is 0. The number of carboxylic acids is 1. The first-order chi connectivity index (χ1) is 18.2. The van der Waals surface area contributed by atoms with Crippen molar-refractivity contribution in [2.24, 2.45) is 0 Å². The van der Waals surface area contributed by atoms with E-state index < -0.39 is 23.3 Å². The second kappa shape index (κ2) is 10.5. The summed E-state index contributed by atoms with van der Waals surface area (Å²) in [5, 5.41) is 22.4. The van der Waals surface area contributed by atoms with E-state index in [1.165, 1.54) is 33.3 Å². The molecule has 0 bridgehead atoms. The Bertz CT molecular complexity index is 1410. The van der Waals surface area contributed by atoms with Crippen LogP contribution in [-0.2, 0) is 10.3 Å². The van der Waals surface area contributed by atoms with Gasteiger partial charge in [-0.05, 0) is 49.4 Å². The molecule has 194 valence electrons. The van der Waals surface area contributed by atoms with Crippen LogP contribution in [0.2, 0.25) is 0 Å². The van der Waals surface area contributed by atoms with E-state index >= 15 is 0 Å². The largest absolute Gasteiger partial charge is 0.493 e. The molecule has 1 aliphatic heterocycles. The standard InChI is InChI=1S/C28H25N3O7/c1-28(27(34)35,30-18-10-8-17(16-29)9-11-18)21-14-23(36-2)24(37-3)15-22(21)38-13-12-31-25(32)19-6-4-5-7-20(19)26(31)33/h4-11,14-15,30H,12-13H2,1-3H3,(H,34,35). The van der Waals surface area contributed by atoms with E-state index in [-0.39, 0.29) is 30.2 Å². The first-order valence-electron chi connectivity index (χ1n) is 11.6. The van der Waals surface area contributed by atoms with Crippen molar-refractivity contribution in [3.05, 3.63) is 82.9 Å². The molecule has 3 aromatic rings. The topological polar surface area (TPSA) is 138 Å². The van der Waals surface area contributed by atoms with Gasteiger partial charge in [-0.1, -0.05) is 12.1 Å². The van der Waals surface area contributed by atoms with Crippen LogP contribution in [0.5, 0.6) is 17.2 Å². The molecular weight excluding hydrogens is 490 g/mol. The lowest BCUT2D eigenvalue weighted by Gasteiger charge is -2.30. The quantitative estimate of drug-likeness (QED) is 0.387. The minimum absolute atomic E-state index is 0.0486. The van der Waals surface area contributed by atoms with Crippen LogP contribution in [0.15, 0.2) is 60.7 Å². The number of nitrogens with zero attached hydrogens (tertiary/aromatic N) is 2. The lowest BCUT2D eigenvalue weighted by molar-refractivity contribution is -0.142. The Labute approximate surface area is 219 Å². The molecule has 4 rings (SSSR count). The third-order valence-corrected chi connectivity index (χ3v) is 6.31. The van der Waals surface area contributed by atoms with Crippen LogP contribution in [0.1, 0.15) is 38.8 Å². The summed E-state index contributed by atoms with van der Waals surface area (Å²) >= 11 is 0. The predicted octanol–water partition coefficient (Wildman–Crippen LogP) is 3.66. The van der Waals surface area contributed by atoms with Gasteiger partial charge >= 0.3 is 5.97 Å². The summed E-state index contributed by atoms with van der Waals surface area (Å²) < 4.78 is 16.8. The number of anilines is 1. The van der Waals surface area contributed by atoms with Crippen LogP contribution >= 0.6 is 0 Å². The number of rotatable bonds is 10. The van der Waals surface area contributed by atoms with E-state index in [0.717, 1.165) is 4.90 Å². The summed E-state index contributed by atoms with van der Waals surface area (Å²) in [5.41, 5.74) is 0.0492. The normalized spacial score (nSPS) is 13.8. The van der Waals surface area contributed by atoms with Gasteiger partial charge in [0.05, 0.1) is 43.5 Å². The molecule has 38 heavy (non-hydrogen) atoms. The average molecular weight is 516 g/mol. The van der Waals surface area contributed by atoms with Crippen molar-refractivity contribution >= 4 is 23.5 Å². The van der Waals surface area contributed by atoms with Crippen LogP contribution in [-0.4, -0.2) is 55.2 Å². The number of hydrogen-bond donors (Lipinski definition) is 2.